The predicted molar refractivity (Wildman–Crippen MR) is 78.0 cm³/mol. The molecule has 0 aliphatic carbocycles. The minimum atomic E-state index is -3.66. The van der Waals surface area contributed by atoms with E-state index in [1.54, 1.807) is 12.1 Å². The Morgan fingerprint density at radius 3 is 2.37 bits per heavy atom. The molecule has 1 unspecified atom stereocenters. The summed E-state index contributed by atoms with van der Waals surface area (Å²) in [7, 11) is 1.71. The largest absolute Gasteiger partial charge is 0.261 e. The van der Waals surface area contributed by atoms with Crippen LogP contribution < -0.4 is 0 Å². The van der Waals surface area contributed by atoms with E-state index in [2.05, 4.69) is 19.1 Å². The third-order valence-corrected chi connectivity index (χ3v) is 4.44. The fourth-order valence-corrected chi connectivity index (χ4v) is 2.86. The average molecular weight is 295 g/mol. The Hall–Kier alpha value is -1.32. The lowest BCUT2D eigenvalue weighted by molar-refractivity contribution is 0.609. The fraction of sp³-hybridized carbons (Fsp3) is 0.200. The van der Waals surface area contributed by atoms with Crippen LogP contribution >= 0.6 is 10.7 Å². The third-order valence-electron chi connectivity index (χ3n) is 3.09. The van der Waals surface area contributed by atoms with E-state index in [9.17, 15) is 8.42 Å². The summed E-state index contributed by atoms with van der Waals surface area (Å²) in [4.78, 5) is 0.159. The number of rotatable bonds is 4. The molecular weight excluding hydrogens is 280 g/mol. The Morgan fingerprint density at radius 1 is 1.05 bits per heavy atom. The molecule has 2 aromatic rings. The predicted octanol–water partition coefficient (Wildman–Crippen LogP) is 3.96. The molecule has 4 heteroatoms. The smallest absolute Gasteiger partial charge is 0.207 e. The summed E-state index contributed by atoms with van der Waals surface area (Å²) < 4.78 is 22.7. The van der Waals surface area contributed by atoms with E-state index in [-0.39, 0.29) is 10.8 Å². The molecule has 0 bridgehead atoms. The number of benzene rings is 2. The van der Waals surface area contributed by atoms with E-state index in [0.29, 0.717) is 0 Å². The number of hydrogen-bond acceptors (Lipinski definition) is 2. The van der Waals surface area contributed by atoms with E-state index in [1.807, 2.05) is 24.3 Å². The quantitative estimate of drug-likeness (QED) is 0.800. The Balaban J connectivity index is 2.23. The average Bonchev–Trinajstić information content (AvgIpc) is 2.39. The van der Waals surface area contributed by atoms with Crippen LogP contribution in [0.25, 0.3) is 0 Å². The van der Waals surface area contributed by atoms with Gasteiger partial charge in [-0.1, -0.05) is 49.4 Å². The minimum absolute atomic E-state index is 0.159. The molecule has 0 aliphatic rings. The van der Waals surface area contributed by atoms with Gasteiger partial charge in [0.15, 0.2) is 0 Å². The van der Waals surface area contributed by atoms with Crippen LogP contribution in [-0.2, 0) is 15.5 Å². The Labute approximate surface area is 118 Å². The highest BCUT2D eigenvalue weighted by Crippen LogP contribution is 2.24. The minimum Gasteiger partial charge on any atom is -0.207 e. The van der Waals surface area contributed by atoms with Crippen LogP contribution in [0.1, 0.15) is 24.0 Å². The molecule has 0 fully saturated rings. The van der Waals surface area contributed by atoms with E-state index in [0.717, 1.165) is 12.0 Å². The third kappa shape index (κ3) is 3.82. The van der Waals surface area contributed by atoms with Gasteiger partial charge in [-0.3, -0.25) is 0 Å². The summed E-state index contributed by atoms with van der Waals surface area (Å²) in [5.41, 5.74) is 2.21. The monoisotopic (exact) mass is 294 g/mol. The van der Waals surface area contributed by atoms with Crippen LogP contribution in [-0.4, -0.2) is 8.42 Å². The second-order valence-corrected chi connectivity index (χ2v) is 7.17. The van der Waals surface area contributed by atoms with Crippen molar-refractivity contribution in [3.8, 4) is 0 Å². The van der Waals surface area contributed by atoms with Crippen LogP contribution in [0.15, 0.2) is 59.5 Å². The SMILES string of the molecule is CC(Cc1ccccc1)c1cccc(S(=O)(=O)Cl)c1. The lowest BCUT2D eigenvalue weighted by Crippen LogP contribution is -2.00. The molecule has 100 valence electrons. The maximum absolute atomic E-state index is 11.3. The molecular formula is C15H15ClO2S. The summed E-state index contributed by atoms with van der Waals surface area (Å²) in [6.07, 6.45) is 0.868. The van der Waals surface area contributed by atoms with Crippen LogP contribution in [0.5, 0.6) is 0 Å². The Kier molecular flexibility index (Phi) is 4.27. The zero-order chi connectivity index (χ0) is 13.9. The lowest BCUT2D eigenvalue weighted by Gasteiger charge is -2.12. The van der Waals surface area contributed by atoms with Crippen molar-refractivity contribution in [3.63, 3.8) is 0 Å². The maximum Gasteiger partial charge on any atom is 0.261 e. The molecule has 2 aromatic carbocycles. The number of hydrogen-bond donors (Lipinski definition) is 0. The van der Waals surface area contributed by atoms with E-state index in [4.69, 9.17) is 10.7 Å². The van der Waals surface area contributed by atoms with Gasteiger partial charge >= 0.3 is 0 Å². The van der Waals surface area contributed by atoms with Crippen LogP contribution in [0.4, 0.5) is 0 Å². The van der Waals surface area contributed by atoms with Crippen molar-refractivity contribution in [2.75, 3.05) is 0 Å². The van der Waals surface area contributed by atoms with Gasteiger partial charge in [-0.2, -0.15) is 0 Å². The van der Waals surface area contributed by atoms with Gasteiger partial charge in [0, 0.05) is 10.7 Å². The molecule has 0 aromatic heterocycles. The first kappa shape index (κ1) is 14.1. The van der Waals surface area contributed by atoms with Crippen molar-refractivity contribution < 1.29 is 8.42 Å². The first-order valence-corrected chi connectivity index (χ1v) is 8.36. The topological polar surface area (TPSA) is 34.1 Å². The molecule has 2 nitrogen and oxygen atoms in total. The Bertz CT molecular complexity index is 651. The highest BCUT2D eigenvalue weighted by Gasteiger charge is 2.13. The van der Waals surface area contributed by atoms with Crippen LogP contribution in [0, 0.1) is 0 Å². The molecule has 0 amide bonds. The second-order valence-electron chi connectivity index (χ2n) is 4.60. The van der Waals surface area contributed by atoms with Gasteiger partial charge in [-0.15, -0.1) is 0 Å². The van der Waals surface area contributed by atoms with Gasteiger partial charge in [0.1, 0.15) is 0 Å². The molecule has 1 atom stereocenters. The number of halogens is 1. The highest BCUT2D eigenvalue weighted by atomic mass is 35.7. The van der Waals surface area contributed by atoms with Gasteiger partial charge in [0.05, 0.1) is 4.90 Å². The molecule has 0 saturated heterocycles. The summed E-state index contributed by atoms with van der Waals surface area (Å²) in [6, 6.07) is 16.9. The Morgan fingerprint density at radius 2 is 1.74 bits per heavy atom. The molecule has 19 heavy (non-hydrogen) atoms. The second kappa shape index (κ2) is 5.76. The van der Waals surface area contributed by atoms with Gasteiger partial charge in [-0.05, 0) is 35.6 Å². The highest BCUT2D eigenvalue weighted by molar-refractivity contribution is 8.13. The summed E-state index contributed by atoms with van der Waals surface area (Å²) in [6.45, 7) is 2.08. The molecule has 0 spiro atoms. The molecule has 0 heterocycles. The van der Waals surface area contributed by atoms with Crippen molar-refractivity contribution in [3.05, 3.63) is 65.7 Å². The first-order valence-electron chi connectivity index (χ1n) is 6.05. The summed E-state index contributed by atoms with van der Waals surface area (Å²) >= 11 is 0. The van der Waals surface area contributed by atoms with Crippen LogP contribution in [0.2, 0.25) is 0 Å². The standard InChI is InChI=1S/C15H15ClO2S/c1-12(10-13-6-3-2-4-7-13)14-8-5-9-15(11-14)19(16,17)18/h2-9,11-12H,10H2,1H3. The van der Waals surface area contributed by atoms with Crippen molar-refractivity contribution in [1.29, 1.82) is 0 Å². The van der Waals surface area contributed by atoms with Crippen molar-refractivity contribution in [2.24, 2.45) is 0 Å². The van der Waals surface area contributed by atoms with E-state index >= 15 is 0 Å². The van der Waals surface area contributed by atoms with E-state index in [1.165, 1.54) is 11.6 Å². The van der Waals surface area contributed by atoms with Gasteiger partial charge in [0.2, 0.25) is 0 Å². The maximum atomic E-state index is 11.3. The first-order chi connectivity index (χ1) is 8.97. The van der Waals surface area contributed by atoms with Crippen molar-refractivity contribution in [1.82, 2.24) is 0 Å². The van der Waals surface area contributed by atoms with Crippen molar-refractivity contribution >= 4 is 19.7 Å². The lowest BCUT2D eigenvalue weighted by atomic mass is 9.94. The zero-order valence-electron chi connectivity index (χ0n) is 10.6. The van der Waals surface area contributed by atoms with Gasteiger partial charge in [-0.25, -0.2) is 8.42 Å². The molecule has 0 radical (unpaired) electrons. The summed E-state index contributed by atoms with van der Waals surface area (Å²) in [5, 5.41) is 0. The zero-order valence-corrected chi connectivity index (χ0v) is 12.2. The normalized spacial score (nSPS) is 13.2. The summed E-state index contributed by atoms with van der Waals surface area (Å²) in [5.74, 6) is 0.237. The van der Waals surface area contributed by atoms with Crippen LogP contribution in [0.3, 0.4) is 0 Å². The molecule has 2 rings (SSSR count). The molecule has 0 saturated carbocycles. The van der Waals surface area contributed by atoms with Crippen molar-refractivity contribution in [2.45, 2.75) is 24.2 Å². The van der Waals surface area contributed by atoms with Gasteiger partial charge < -0.3 is 0 Å². The van der Waals surface area contributed by atoms with E-state index < -0.39 is 9.05 Å². The molecule has 0 N–H and O–H groups in total. The fourth-order valence-electron chi connectivity index (χ4n) is 2.06. The molecule has 0 aliphatic heterocycles. The van der Waals surface area contributed by atoms with Gasteiger partial charge in [0.25, 0.3) is 9.05 Å².